The van der Waals surface area contributed by atoms with Gasteiger partial charge in [0.1, 0.15) is 0 Å². The molecule has 0 amide bonds. The third-order valence-corrected chi connectivity index (χ3v) is 5.40. The van der Waals surface area contributed by atoms with E-state index in [1.165, 1.54) is 30.8 Å². The van der Waals surface area contributed by atoms with Gasteiger partial charge in [-0.2, -0.15) is 0 Å². The van der Waals surface area contributed by atoms with Gasteiger partial charge in [0, 0.05) is 25.1 Å². The van der Waals surface area contributed by atoms with Crippen LogP contribution in [-0.2, 0) is 4.74 Å². The number of guanidine groups is 1. The molecule has 2 rings (SSSR count). The molecule has 1 aliphatic heterocycles. The van der Waals surface area contributed by atoms with Crippen molar-refractivity contribution in [1.82, 2.24) is 15.5 Å². The normalized spacial score (nSPS) is 17.9. The number of nitrogens with one attached hydrogen (secondary N) is 2. The number of methoxy groups -OCH3 is 1. The molecule has 0 radical (unpaired) electrons. The summed E-state index contributed by atoms with van der Waals surface area (Å²) in [7, 11) is 1.73. The first-order valence-electron chi connectivity index (χ1n) is 8.90. The Bertz CT molecular complexity index is 495. The first-order chi connectivity index (χ1) is 11.6. The van der Waals surface area contributed by atoms with Crippen LogP contribution in [0.4, 0.5) is 0 Å². The maximum atomic E-state index is 5.46. The Labute approximate surface area is 150 Å². The van der Waals surface area contributed by atoms with Crippen LogP contribution in [0, 0.1) is 0 Å². The van der Waals surface area contributed by atoms with Crippen LogP contribution in [0.3, 0.4) is 0 Å². The van der Waals surface area contributed by atoms with Crippen LogP contribution in [0.15, 0.2) is 22.5 Å². The van der Waals surface area contributed by atoms with Crippen LogP contribution in [0.2, 0.25) is 0 Å². The molecule has 1 aromatic rings. The van der Waals surface area contributed by atoms with Gasteiger partial charge in [-0.15, -0.1) is 11.3 Å². The Hall–Kier alpha value is -1.11. The number of aliphatic imine (C=N–C) groups is 1. The van der Waals surface area contributed by atoms with Gasteiger partial charge in [-0.05, 0) is 58.1 Å². The second-order valence-corrected chi connectivity index (χ2v) is 7.79. The van der Waals surface area contributed by atoms with Gasteiger partial charge in [0.05, 0.1) is 18.2 Å². The molecule has 2 heterocycles. The zero-order valence-electron chi connectivity index (χ0n) is 15.5. The van der Waals surface area contributed by atoms with Crippen molar-refractivity contribution in [3.8, 4) is 0 Å². The fourth-order valence-corrected chi connectivity index (χ4v) is 3.67. The second-order valence-electron chi connectivity index (χ2n) is 6.81. The standard InChI is InChI=1S/C18H32N4OS/c1-5-19-17(21-14-18(2,3)23-4)20-13-15(16-9-8-12-24-16)22-10-6-7-11-22/h8-9,12,15H,5-7,10-11,13-14H2,1-4H3,(H2,19,20,21). The summed E-state index contributed by atoms with van der Waals surface area (Å²) in [5, 5.41) is 9.04. The van der Waals surface area contributed by atoms with Crippen LogP contribution in [0.5, 0.6) is 0 Å². The van der Waals surface area contributed by atoms with E-state index in [-0.39, 0.29) is 5.60 Å². The molecule has 136 valence electrons. The van der Waals surface area contributed by atoms with E-state index in [9.17, 15) is 0 Å². The van der Waals surface area contributed by atoms with Gasteiger partial charge in [0.25, 0.3) is 0 Å². The molecule has 0 spiro atoms. The Morgan fingerprint density at radius 1 is 1.38 bits per heavy atom. The first kappa shape index (κ1) is 19.2. The number of likely N-dealkylation sites (tertiary alicyclic amines) is 1. The van der Waals surface area contributed by atoms with E-state index in [1.807, 2.05) is 11.3 Å². The summed E-state index contributed by atoms with van der Waals surface area (Å²) in [6, 6.07) is 4.81. The first-order valence-corrected chi connectivity index (χ1v) is 9.78. The smallest absolute Gasteiger partial charge is 0.191 e. The molecule has 0 aliphatic carbocycles. The van der Waals surface area contributed by atoms with E-state index >= 15 is 0 Å². The van der Waals surface area contributed by atoms with Crippen molar-refractivity contribution in [2.75, 3.05) is 39.8 Å². The predicted octanol–water partition coefficient (Wildman–Crippen LogP) is 2.87. The van der Waals surface area contributed by atoms with Gasteiger partial charge in [-0.25, -0.2) is 0 Å². The average Bonchev–Trinajstić information content (AvgIpc) is 3.27. The molecule has 1 atom stereocenters. The van der Waals surface area contributed by atoms with E-state index < -0.39 is 0 Å². The van der Waals surface area contributed by atoms with E-state index in [0.717, 1.165) is 19.0 Å². The molecule has 2 N–H and O–H groups in total. The number of thiophene rings is 1. The summed E-state index contributed by atoms with van der Waals surface area (Å²) in [5.74, 6) is 0.864. The fourth-order valence-electron chi connectivity index (χ4n) is 2.81. The highest BCUT2D eigenvalue weighted by molar-refractivity contribution is 7.10. The molecule has 0 saturated carbocycles. The molecule has 1 aromatic heterocycles. The van der Waals surface area contributed by atoms with Crippen molar-refractivity contribution in [3.05, 3.63) is 22.4 Å². The molecule has 0 bridgehead atoms. The van der Waals surface area contributed by atoms with Gasteiger partial charge < -0.3 is 15.4 Å². The summed E-state index contributed by atoms with van der Waals surface area (Å²) in [5.41, 5.74) is -0.246. The second kappa shape index (κ2) is 9.39. The summed E-state index contributed by atoms with van der Waals surface area (Å²) in [4.78, 5) is 8.70. The molecule has 5 nitrogen and oxygen atoms in total. The maximum Gasteiger partial charge on any atom is 0.191 e. The quantitative estimate of drug-likeness (QED) is 0.558. The lowest BCUT2D eigenvalue weighted by Crippen LogP contribution is -2.43. The van der Waals surface area contributed by atoms with E-state index in [4.69, 9.17) is 9.73 Å². The minimum Gasteiger partial charge on any atom is -0.377 e. The number of rotatable bonds is 8. The largest absolute Gasteiger partial charge is 0.377 e. The number of nitrogens with zero attached hydrogens (tertiary/aromatic N) is 2. The lowest BCUT2D eigenvalue weighted by molar-refractivity contribution is 0.0310. The van der Waals surface area contributed by atoms with Gasteiger partial charge in [-0.3, -0.25) is 9.89 Å². The van der Waals surface area contributed by atoms with Crippen molar-refractivity contribution < 1.29 is 4.74 Å². The van der Waals surface area contributed by atoms with Gasteiger partial charge in [0.2, 0.25) is 0 Å². The predicted molar refractivity (Wildman–Crippen MR) is 103 cm³/mol. The SMILES string of the molecule is CCNC(=NCC(C)(C)OC)NCC(c1cccs1)N1CCCC1. The average molecular weight is 353 g/mol. The molecular formula is C18H32N4OS. The Morgan fingerprint density at radius 3 is 2.71 bits per heavy atom. The summed E-state index contributed by atoms with van der Waals surface area (Å²) >= 11 is 1.84. The third kappa shape index (κ3) is 5.76. The summed E-state index contributed by atoms with van der Waals surface area (Å²) in [6.45, 7) is 10.9. The zero-order valence-corrected chi connectivity index (χ0v) is 16.3. The van der Waals surface area contributed by atoms with Crippen molar-refractivity contribution in [2.45, 2.75) is 45.3 Å². The van der Waals surface area contributed by atoms with Crippen molar-refractivity contribution in [1.29, 1.82) is 0 Å². The van der Waals surface area contributed by atoms with Crippen LogP contribution < -0.4 is 10.6 Å². The summed E-state index contributed by atoms with van der Waals surface area (Å²) < 4.78 is 5.46. The van der Waals surface area contributed by atoms with E-state index in [0.29, 0.717) is 12.6 Å². The monoisotopic (exact) mass is 352 g/mol. The zero-order chi connectivity index (χ0) is 17.4. The number of ether oxygens (including phenoxy) is 1. The Kier molecular flexibility index (Phi) is 7.52. The summed E-state index contributed by atoms with van der Waals surface area (Å²) in [6.07, 6.45) is 2.61. The van der Waals surface area contributed by atoms with Gasteiger partial charge in [0.15, 0.2) is 5.96 Å². The third-order valence-electron chi connectivity index (χ3n) is 4.43. The molecule has 6 heteroatoms. The van der Waals surface area contributed by atoms with Crippen LogP contribution in [0.1, 0.15) is 44.5 Å². The Balaban J connectivity index is 2.00. The molecular weight excluding hydrogens is 320 g/mol. The molecule has 0 aromatic carbocycles. The van der Waals surface area contributed by atoms with Crippen LogP contribution in [0.25, 0.3) is 0 Å². The fraction of sp³-hybridized carbons (Fsp3) is 0.722. The minimum atomic E-state index is -0.246. The lowest BCUT2D eigenvalue weighted by atomic mass is 10.1. The number of hydrogen-bond acceptors (Lipinski definition) is 4. The molecule has 1 unspecified atom stereocenters. The molecule has 24 heavy (non-hydrogen) atoms. The topological polar surface area (TPSA) is 48.9 Å². The van der Waals surface area contributed by atoms with Crippen LogP contribution in [-0.4, -0.2) is 56.3 Å². The highest BCUT2D eigenvalue weighted by atomic mass is 32.1. The van der Waals surface area contributed by atoms with E-state index in [2.05, 4.69) is 53.8 Å². The minimum absolute atomic E-state index is 0.246. The van der Waals surface area contributed by atoms with Gasteiger partial charge in [-0.1, -0.05) is 6.07 Å². The highest BCUT2D eigenvalue weighted by Crippen LogP contribution is 2.27. The maximum absolute atomic E-state index is 5.46. The van der Waals surface area contributed by atoms with Crippen molar-refractivity contribution in [3.63, 3.8) is 0 Å². The van der Waals surface area contributed by atoms with Crippen molar-refractivity contribution in [2.24, 2.45) is 4.99 Å². The molecule has 1 saturated heterocycles. The van der Waals surface area contributed by atoms with Crippen molar-refractivity contribution >= 4 is 17.3 Å². The molecule has 1 aliphatic rings. The molecule has 1 fully saturated rings. The van der Waals surface area contributed by atoms with E-state index in [1.54, 1.807) is 7.11 Å². The van der Waals surface area contributed by atoms with Crippen LogP contribution >= 0.6 is 11.3 Å². The number of hydrogen-bond donors (Lipinski definition) is 2. The Morgan fingerprint density at radius 2 is 2.12 bits per heavy atom. The lowest BCUT2D eigenvalue weighted by Gasteiger charge is -2.28. The van der Waals surface area contributed by atoms with Gasteiger partial charge >= 0.3 is 0 Å². The highest BCUT2D eigenvalue weighted by Gasteiger charge is 2.24.